The topological polar surface area (TPSA) is 61.5 Å². The lowest BCUT2D eigenvalue weighted by Crippen LogP contribution is -2.49. The average molecular weight is 342 g/mol. The maximum absolute atomic E-state index is 12.3. The Kier molecular flexibility index (Phi) is 6.45. The van der Waals surface area contributed by atoms with Crippen LogP contribution < -0.4 is 4.74 Å². The Hall–Kier alpha value is -2.34. The number of nitrogens with zero attached hydrogens (tertiary/aromatic N) is 3. The maximum Gasteiger partial charge on any atom is 0.222 e. The second-order valence-corrected chi connectivity index (χ2v) is 6.34. The number of carbonyl (C=O) groups is 1. The number of rotatable bonds is 8. The van der Waals surface area contributed by atoms with Crippen molar-refractivity contribution in [1.29, 1.82) is 0 Å². The number of hydrogen-bond donors (Lipinski definition) is 1. The van der Waals surface area contributed by atoms with Crippen LogP contribution >= 0.6 is 0 Å². The van der Waals surface area contributed by atoms with Crippen LogP contribution in [0.15, 0.2) is 42.7 Å². The zero-order valence-electron chi connectivity index (χ0n) is 14.6. The second kappa shape index (κ2) is 9.22. The molecule has 0 spiro atoms. The summed E-state index contributed by atoms with van der Waals surface area (Å²) in [4.78, 5) is 16.6. The SMILES string of the molecule is O=C(CCCc1cn[nH]c1)N1CCN(CCOc2ccccc2)CC1. The van der Waals surface area contributed by atoms with Crippen molar-refractivity contribution in [2.24, 2.45) is 0 Å². The van der Waals surface area contributed by atoms with Crippen LogP contribution in [0, 0.1) is 0 Å². The fourth-order valence-corrected chi connectivity index (χ4v) is 3.05. The molecule has 0 aliphatic carbocycles. The van der Waals surface area contributed by atoms with Gasteiger partial charge in [0.1, 0.15) is 12.4 Å². The number of piperazine rings is 1. The molecule has 1 aromatic carbocycles. The number of para-hydroxylation sites is 1. The predicted molar refractivity (Wildman–Crippen MR) is 96.5 cm³/mol. The molecule has 0 saturated carbocycles. The number of aromatic nitrogens is 2. The molecular formula is C19H26N4O2. The van der Waals surface area contributed by atoms with Gasteiger partial charge in [0.2, 0.25) is 5.91 Å². The van der Waals surface area contributed by atoms with E-state index in [1.807, 2.05) is 47.6 Å². The van der Waals surface area contributed by atoms with Gasteiger partial charge < -0.3 is 9.64 Å². The molecule has 1 saturated heterocycles. The molecule has 1 aliphatic heterocycles. The summed E-state index contributed by atoms with van der Waals surface area (Å²) in [5.41, 5.74) is 1.16. The van der Waals surface area contributed by atoms with E-state index in [0.717, 1.165) is 56.9 Å². The molecule has 0 unspecified atom stereocenters. The maximum atomic E-state index is 12.3. The molecule has 1 amide bonds. The molecule has 0 radical (unpaired) electrons. The Morgan fingerprint density at radius 3 is 2.68 bits per heavy atom. The van der Waals surface area contributed by atoms with Crippen molar-refractivity contribution < 1.29 is 9.53 Å². The van der Waals surface area contributed by atoms with Gasteiger partial charge in [-0.15, -0.1) is 0 Å². The predicted octanol–water partition coefficient (Wildman–Crippen LogP) is 1.96. The Morgan fingerprint density at radius 1 is 1.16 bits per heavy atom. The van der Waals surface area contributed by atoms with Gasteiger partial charge in [0.15, 0.2) is 0 Å². The van der Waals surface area contributed by atoms with Gasteiger partial charge in [0, 0.05) is 45.3 Å². The van der Waals surface area contributed by atoms with Crippen molar-refractivity contribution in [3.05, 3.63) is 48.3 Å². The first-order valence-electron chi connectivity index (χ1n) is 8.97. The number of aryl methyl sites for hydroxylation is 1. The minimum absolute atomic E-state index is 0.267. The number of amides is 1. The van der Waals surface area contributed by atoms with E-state index in [9.17, 15) is 4.79 Å². The zero-order chi connectivity index (χ0) is 17.3. The Balaban J connectivity index is 1.29. The van der Waals surface area contributed by atoms with Crippen LogP contribution in [0.25, 0.3) is 0 Å². The summed E-state index contributed by atoms with van der Waals surface area (Å²) >= 11 is 0. The van der Waals surface area contributed by atoms with E-state index in [1.54, 1.807) is 0 Å². The van der Waals surface area contributed by atoms with Gasteiger partial charge in [0.05, 0.1) is 6.20 Å². The summed E-state index contributed by atoms with van der Waals surface area (Å²) in [6.07, 6.45) is 6.10. The van der Waals surface area contributed by atoms with Crippen molar-refractivity contribution in [3.63, 3.8) is 0 Å². The molecule has 1 fully saturated rings. The fourth-order valence-electron chi connectivity index (χ4n) is 3.05. The van der Waals surface area contributed by atoms with Gasteiger partial charge in [-0.2, -0.15) is 5.10 Å². The third-order valence-electron chi connectivity index (χ3n) is 4.56. The molecule has 25 heavy (non-hydrogen) atoms. The molecule has 2 aromatic rings. The first-order valence-corrected chi connectivity index (χ1v) is 8.97. The summed E-state index contributed by atoms with van der Waals surface area (Å²) in [7, 11) is 0. The smallest absolute Gasteiger partial charge is 0.222 e. The fraction of sp³-hybridized carbons (Fsp3) is 0.474. The van der Waals surface area contributed by atoms with E-state index in [-0.39, 0.29) is 5.91 Å². The number of hydrogen-bond acceptors (Lipinski definition) is 4. The molecule has 134 valence electrons. The normalized spacial score (nSPS) is 15.3. The molecule has 1 aliphatic rings. The number of ether oxygens (including phenoxy) is 1. The molecule has 6 heteroatoms. The highest BCUT2D eigenvalue weighted by atomic mass is 16.5. The van der Waals surface area contributed by atoms with E-state index in [4.69, 9.17) is 4.74 Å². The van der Waals surface area contributed by atoms with Crippen molar-refractivity contribution >= 4 is 5.91 Å². The van der Waals surface area contributed by atoms with Gasteiger partial charge in [0.25, 0.3) is 0 Å². The largest absolute Gasteiger partial charge is 0.492 e. The van der Waals surface area contributed by atoms with Crippen molar-refractivity contribution in [2.45, 2.75) is 19.3 Å². The first-order chi connectivity index (χ1) is 12.3. The number of aromatic amines is 1. The third kappa shape index (κ3) is 5.60. The summed E-state index contributed by atoms with van der Waals surface area (Å²) in [6.45, 7) is 5.06. The van der Waals surface area contributed by atoms with Crippen molar-refractivity contribution in [3.8, 4) is 5.75 Å². The number of carbonyl (C=O) groups excluding carboxylic acids is 1. The average Bonchev–Trinajstić information content (AvgIpc) is 3.16. The van der Waals surface area contributed by atoms with Gasteiger partial charge in [-0.25, -0.2) is 0 Å². The minimum atomic E-state index is 0.267. The number of nitrogens with one attached hydrogen (secondary N) is 1. The van der Waals surface area contributed by atoms with E-state index >= 15 is 0 Å². The highest BCUT2D eigenvalue weighted by Gasteiger charge is 2.20. The molecule has 0 bridgehead atoms. The molecular weight excluding hydrogens is 316 g/mol. The monoisotopic (exact) mass is 342 g/mol. The van der Waals surface area contributed by atoms with Crippen LogP contribution in [0.1, 0.15) is 18.4 Å². The Labute approximate surface area is 148 Å². The minimum Gasteiger partial charge on any atom is -0.492 e. The second-order valence-electron chi connectivity index (χ2n) is 6.34. The molecule has 2 heterocycles. The van der Waals surface area contributed by atoms with Gasteiger partial charge >= 0.3 is 0 Å². The molecule has 6 nitrogen and oxygen atoms in total. The zero-order valence-corrected chi connectivity index (χ0v) is 14.6. The van der Waals surface area contributed by atoms with E-state index in [2.05, 4.69) is 15.1 Å². The van der Waals surface area contributed by atoms with Crippen LogP contribution in [-0.2, 0) is 11.2 Å². The standard InChI is InChI=1S/C19H26N4O2/c24-19(8-4-5-17-15-20-21-16-17)23-11-9-22(10-12-23)13-14-25-18-6-2-1-3-7-18/h1-3,6-7,15-16H,4-5,8-14H2,(H,20,21). The highest BCUT2D eigenvalue weighted by Crippen LogP contribution is 2.10. The summed E-state index contributed by atoms with van der Waals surface area (Å²) in [5.74, 6) is 1.18. The van der Waals surface area contributed by atoms with E-state index < -0.39 is 0 Å². The quantitative estimate of drug-likeness (QED) is 0.797. The molecule has 1 N–H and O–H groups in total. The van der Waals surface area contributed by atoms with Gasteiger partial charge in [-0.05, 0) is 30.5 Å². The van der Waals surface area contributed by atoms with E-state index in [0.29, 0.717) is 13.0 Å². The van der Waals surface area contributed by atoms with Crippen LogP contribution in [0.2, 0.25) is 0 Å². The Bertz CT molecular complexity index is 622. The Morgan fingerprint density at radius 2 is 1.96 bits per heavy atom. The molecule has 0 atom stereocenters. The van der Waals surface area contributed by atoms with Gasteiger partial charge in [-0.1, -0.05) is 18.2 Å². The number of benzene rings is 1. The summed E-state index contributed by atoms with van der Waals surface area (Å²) < 4.78 is 5.74. The van der Waals surface area contributed by atoms with Crippen molar-refractivity contribution in [1.82, 2.24) is 20.0 Å². The van der Waals surface area contributed by atoms with Crippen molar-refractivity contribution in [2.75, 3.05) is 39.3 Å². The lowest BCUT2D eigenvalue weighted by Gasteiger charge is -2.34. The van der Waals surface area contributed by atoms with Crippen LogP contribution in [0.3, 0.4) is 0 Å². The molecule has 1 aromatic heterocycles. The van der Waals surface area contributed by atoms with Gasteiger partial charge in [-0.3, -0.25) is 14.8 Å². The summed E-state index contributed by atoms with van der Waals surface area (Å²) in [6, 6.07) is 9.89. The molecule has 3 rings (SSSR count). The lowest BCUT2D eigenvalue weighted by molar-refractivity contribution is -0.133. The summed E-state index contributed by atoms with van der Waals surface area (Å²) in [5, 5.41) is 6.73. The van der Waals surface area contributed by atoms with Crippen LogP contribution in [-0.4, -0.2) is 65.2 Å². The first kappa shape index (κ1) is 17.5. The van der Waals surface area contributed by atoms with Crippen LogP contribution in [0.5, 0.6) is 5.75 Å². The highest BCUT2D eigenvalue weighted by molar-refractivity contribution is 5.76. The lowest BCUT2D eigenvalue weighted by atomic mass is 10.1. The third-order valence-corrected chi connectivity index (χ3v) is 4.56. The van der Waals surface area contributed by atoms with E-state index in [1.165, 1.54) is 0 Å². The van der Waals surface area contributed by atoms with Crippen LogP contribution in [0.4, 0.5) is 0 Å². The number of H-pyrrole nitrogens is 1.